The highest BCUT2D eigenvalue weighted by molar-refractivity contribution is 5.09. The molecule has 0 spiro atoms. The number of fused-ring (bicyclic) bond motifs is 1. The number of nitrogens with zero attached hydrogens (tertiary/aromatic N) is 1. The van der Waals surface area contributed by atoms with Crippen molar-refractivity contribution in [3.63, 3.8) is 0 Å². The minimum absolute atomic E-state index is 0.249. The number of nitrogens with two attached hydrogens (primary N) is 1. The number of rotatable bonds is 3. The van der Waals surface area contributed by atoms with E-state index in [0.29, 0.717) is 0 Å². The first-order valence-corrected chi connectivity index (χ1v) is 7.56. The average Bonchev–Trinajstić information content (AvgIpc) is 2.95. The van der Waals surface area contributed by atoms with Gasteiger partial charge in [0, 0.05) is 30.7 Å². The van der Waals surface area contributed by atoms with E-state index in [0.717, 1.165) is 18.6 Å². The van der Waals surface area contributed by atoms with Crippen LogP contribution in [0.2, 0.25) is 0 Å². The van der Waals surface area contributed by atoms with E-state index in [-0.39, 0.29) is 5.54 Å². The Morgan fingerprint density at radius 3 is 2.65 bits per heavy atom. The quantitative estimate of drug-likeness (QED) is 0.781. The summed E-state index contributed by atoms with van der Waals surface area (Å²) in [6, 6.07) is 1.47. The molecule has 2 unspecified atom stereocenters. The van der Waals surface area contributed by atoms with Gasteiger partial charge in [-0.2, -0.15) is 0 Å². The second kappa shape index (κ2) is 4.87. The summed E-state index contributed by atoms with van der Waals surface area (Å²) in [5.74, 6) is 0. The average molecular weight is 237 g/mol. The number of hydrogen-bond acceptors (Lipinski definition) is 3. The first-order valence-electron chi connectivity index (χ1n) is 7.56. The summed E-state index contributed by atoms with van der Waals surface area (Å²) in [6.07, 6.45) is 11.0. The van der Waals surface area contributed by atoms with Gasteiger partial charge in [-0.15, -0.1) is 0 Å². The normalized spacial score (nSPS) is 39.7. The third-order valence-electron chi connectivity index (χ3n) is 5.31. The van der Waals surface area contributed by atoms with Crippen molar-refractivity contribution >= 4 is 0 Å². The molecule has 3 rings (SSSR count). The van der Waals surface area contributed by atoms with Crippen LogP contribution in [-0.2, 0) is 0 Å². The summed E-state index contributed by atoms with van der Waals surface area (Å²) < 4.78 is 0. The molecule has 2 aliphatic heterocycles. The fourth-order valence-corrected chi connectivity index (χ4v) is 4.35. The van der Waals surface area contributed by atoms with Crippen molar-refractivity contribution in [2.24, 2.45) is 5.73 Å². The highest BCUT2D eigenvalue weighted by Crippen LogP contribution is 2.36. The maximum atomic E-state index is 6.15. The van der Waals surface area contributed by atoms with Gasteiger partial charge in [0.15, 0.2) is 0 Å². The van der Waals surface area contributed by atoms with E-state index in [1.54, 1.807) is 0 Å². The lowest BCUT2D eigenvalue weighted by Gasteiger charge is -2.40. The minimum atomic E-state index is 0.249. The van der Waals surface area contributed by atoms with Crippen molar-refractivity contribution in [1.82, 2.24) is 10.2 Å². The topological polar surface area (TPSA) is 41.3 Å². The lowest BCUT2D eigenvalue weighted by atomic mass is 9.85. The van der Waals surface area contributed by atoms with Crippen molar-refractivity contribution in [3.8, 4) is 0 Å². The molecule has 98 valence electrons. The third kappa shape index (κ3) is 2.13. The lowest BCUT2D eigenvalue weighted by molar-refractivity contribution is 0.193. The number of nitrogens with one attached hydrogen (secondary N) is 1. The van der Waals surface area contributed by atoms with E-state index in [2.05, 4.69) is 10.2 Å². The van der Waals surface area contributed by atoms with Crippen LogP contribution in [-0.4, -0.2) is 42.2 Å². The van der Waals surface area contributed by atoms with Crippen LogP contribution in [0.15, 0.2) is 0 Å². The fourth-order valence-electron chi connectivity index (χ4n) is 4.35. The molecule has 0 amide bonds. The SMILES string of the molecule is NCC1(NC2CCCCC2)CCN2CCCC21. The summed E-state index contributed by atoms with van der Waals surface area (Å²) in [4.78, 5) is 2.67. The molecule has 2 heterocycles. The van der Waals surface area contributed by atoms with Gasteiger partial charge in [-0.05, 0) is 38.6 Å². The Hall–Kier alpha value is -0.120. The molecule has 0 bridgehead atoms. The lowest BCUT2D eigenvalue weighted by Crippen LogP contribution is -2.61. The molecular formula is C14H27N3. The minimum Gasteiger partial charge on any atom is -0.329 e. The van der Waals surface area contributed by atoms with Gasteiger partial charge in [0.1, 0.15) is 0 Å². The van der Waals surface area contributed by atoms with Crippen molar-refractivity contribution < 1.29 is 0 Å². The molecule has 0 aromatic heterocycles. The van der Waals surface area contributed by atoms with Crippen molar-refractivity contribution in [3.05, 3.63) is 0 Å². The first kappa shape index (κ1) is 11.9. The number of hydrogen-bond donors (Lipinski definition) is 2. The molecule has 3 N–H and O–H groups in total. The summed E-state index contributed by atoms with van der Waals surface area (Å²) in [5, 5.41) is 3.99. The van der Waals surface area contributed by atoms with Gasteiger partial charge in [0.25, 0.3) is 0 Å². The van der Waals surface area contributed by atoms with Gasteiger partial charge in [0.05, 0.1) is 0 Å². The van der Waals surface area contributed by atoms with Gasteiger partial charge in [-0.1, -0.05) is 19.3 Å². The molecule has 3 fully saturated rings. The van der Waals surface area contributed by atoms with Crippen LogP contribution >= 0.6 is 0 Å². The van der Waals surface area contributed by atoms with E-state index in [1.807, 2.05) is 0 Å². The van der Waals surface area contributed by atoms with Gasteiger partial charge in [0.2, 0.25) is 0 Å². The van der Waals surface area contributed by atoms with Crippen LogP contribution in [0.1, 0.15) is 51.4 Å². The Kier molecular flexibility index (Phi) is 3.42. The maximum absolute atomic E-state index is 6.15. The molecular weight excluding hydrogens is 210 g/mol. The third-order valence-corrected chi connectivity index (χ3v) is 5.31. The molecule has 1 aliphatic carbocycles. The Bertz CT molecular complexity index is 262. The Balaban J connectivity index is 1.68. The first-order chi connectivity index (χ1) is 8.34. The zero-order valence-corrected chi connectivity index (χ0v) is 11.0. The van der Waals surface area contributed by atoms with Gasteiger partial charge >= 0.3 is 0 Å². The summed E-state index contributed by atoms with van der Waals surface area (Å²) in [5.41, 5.74) is 6.40. The zero-order chi connectivity index (χ0) is 11.7. The van der Waals surface area contributed by atoms with Crippen LogP contribution in [0.5, 0.6) is 0 Å². The molecule has 0 aromatic carbocycles. The molecule has 0 radical (unpaired) electrons. The van der Waals surface area contributed by atoms with Gasteiger partial charge in [-0.3, -0.25) is 4.90 Å². The maximum Gasteiger partial charge on any atom is 0.0475 e. The highest BCUT2D eigenvalue weighted by Gasteiger charge is 2.48. The van der Waals surface area contributed by atoms with Gasteiger partial charge < -0.3 is 11.1 Å². The molecule has 2 atom stereocenters. The van der Waals surface area contributed by atoms with Crippen LogP contribution in [0.3, 0.4) is 0 Å². The fraction of sp³-hybridized carbons (Fsp3) is 1.00. The predicted molar refractivity (Wildman–Crippen MR) is 71.0 cm³/mol. The molecule has 3 aliphatic rings. The standard InChI is InChI=1S/C14H27N3/c15-11-14(16-12-5-2-1-3-6-12)8-10-17-9-4-7-13(14)17/h12-13,16H,1-11,15H2. The molecule has 3 nitrogen and oxygen atoms in total. The molecule has 2 saturated heterocycles. The van der Waals surface area contributed by atoms with Crippen molar-refractivity contribution in [2.45, 2.75) is 69.0 Å². The second-order valence-electron chi connectivity index (χ2n) is 6.28. The van der Waals surface area contributed by atoms with Crippen molar-refractivity contribution in [2.75, 3.05) is 19.6 Å². The van der Waals surface area contributed by atoms with E-state index >= 15 is 0 Å². The van der Waals surface area contributed by atoms with Gasteiger partial charge in [-0.25, -0.2) is 0 Å². The summed E-state index contributed by atoms with van der Waals surface area (Å²) in [7, 11) is 0. The monoisotopic (exact) mass is 237 g/mol. The summed E-state index contributed by atoms with van der Waals surface area (Å²) >= 11 is 0. The van der Waals surface area contributed by atoms with E-state index in [4.69, 9.17) is 5.73 Å². The smallest absolute Gasteiger partial charge is 0.0475 e. The molecule has 17 heavy (non-hydrogen) atoms. The van der Waals surface area contributed by atoms with Crippen LogP contribution < -0.4 is 11.1 Å². The van der Waals surface area contributed by atoms with E-state index < -0.39 is 0 Å². The Morgan fingerprint density at radius 2 is 1.88 bits per heavy atom. The Morgan fingerprint density at radius 1 is 1.06 bits per heavy atom. The van der Waals surface area contributed by atoms with Crippen molar-refractivity contribution in [1.29, 1.82) is 0 Å². The Labute approximate surface area is 105 Å². The highest BCUT2D eigenvalue weighted by atomic mass is 15.3. The second-order valence-corrected chi connectivity index (χ2v) is 6.28. The summed E-state index contributed by atoms with van der Waals surface area (Å²) in [6.45, 7) is 3.39. The van der Waals surface area contributed by atoms with E-state index in [9.17, 15) is 0 Å². The largest absolute Gasteiger partial charge is 0.329 e. The molecule has 1 saturated carbocycles. The molecule has 0 aromatic rings. The van der Waals surface area contributed by atoms with Crippen LogP contribution in [0.25, 0.3) is 0 Å². The van der Waals surface area contributed by atoms with E-state index in [1.165, 1.54) is 64.5 Å². The van der Waals surface area contributed by atoms with Crippen LogP contribution in [0, 0.1) is 0 Å². The van der Waals surface area contributed by atoms with Crippen LogP contribution in [0.4, 0.5) is 0 Å². The molecule has 3 heteroatoms. The predicted octanol–water partition coefficient (Wildman–Crippen LogP) is 1.47. The zero-order valence-electron chi connectivity index (χ0n) is 11.0.